The van der Waals surface area contributed by atoms with Crippen LogP contribution in [0.4, 0.5) is 0 Å². The summed E-state index contributed by atoms with van der Waals surface area (Å²) in [7, 11) is 6.89. The maximum atomic E-state index is 3.82. The van der Waals surface area contributed by atoms with Crippen LogP contribution in [0.15, 0.2) is 42.5 Å². The molecule has 0 radical (unpaired) electrons. The molecular weight excluding hydrogens is 578 g/mol. The van der Waals surface area contributed by atoms with Gasteiger partial charge in [-0.15, -0.1) is 18.5 Å². The minimum atomic E-state index is 0. The molecule has 8 rings (SSSR count). The van der Waals surface area contributed by atoms with E-state index in [0.717, 1.165) is 23.7 Å². The van der Waals surface area contributed by atoms with Crippen LogP contribution in [0.3, 0.4) is 0 Å². The first kappa shape index (κ1) is 32.4. The Morgan fingerprint density at radius 2 is 1.32 bits per heavy atom. The van der Waals surface area contributed by atoms with Crippen molar-refractivity contribution in [3.05, 3.63) is 59.2 Å². The second-order valence-corrected chi connectivity index (χ2v) is 16.7. The molecule has 41 heavy (non-hydrogen) atoms. The summed E-state index contributed by atoms with van der Waals surface area (Å²) in [5.41, 5.74) is 5.72. The van der Waals surface area contributed by atoms with Gasteiger partial charge in [-0.05, 0) is 131 Å². The fourth-order valence-electron chi connectivity index (χ4n) is 10.2. The summed E-state index contributed by atoms with van der Waals surface area (Å²) in [6.07, 6.45) is 14.2. The summed E-state index contributed by atoms with van der Waals surface area (Å²) in [5.74, 6) is 5.25. The molecule has 2 aromatic rings. The third-order valence-corrected chi connectivity index (χ3v) is 14.1. The topological polar surface area (TPSA) is 24.1 Å². The Kier molecular flexibility index (Phi) is 10.4. The van der Waals surface area contributed by atoms with Crippen LogP contribution in [0.2, 0.25) is 0 Å². The van der Waals surface area contributed by atoms with Crippen LogP contribution in [0.25, 0.3) is 0 Å². The number of hydrogen-bond acceptors (Lipinski definition) is 2. The maximum Gasteiger partial charge on any atom is 0 e. The number of hydrogen-bond donors (Lipinski definition) is 2. The smallest absolute Gasteiger partial charge is 0 e. The molecule has 2 saturated heterocycles. The molecule has 4 unspecified atom stereocenters. The molecule has 4 bridgehead atoms. The Hall–Kier alpha value is -0.000519. The second kappa shape index (κ2) is 13.2. The van der Waals surface area contributed by atoms with Gasteiger partial charge < -0.3 is 41.0 Å². The van der Waals surface area contributed by atoms with E-state index in [2.05, 4.69) is 62.0 Å². The van der Waals surface area contributed by atoms with Gasteiger partial charge in [0.15, 0.2) is 0 Å². The summed E-state index contributed by atoms with van der Waals surface area (Å²) in [6, 6.07) is 15.5. The minimum absolute atomic E-state index is 0. The molecule has 4 saturated carbocycles. The van der Waals surface area contributed by atoms with Crippen LogP contribution < -0.4 is 10.6 Å². The van der Waals surface area contributed by atoms with Crippen LogP contribution in [0.1, 0.15) is 95.2 Å². The van der Waals surface area contributed by atoms with Crippen molar-refractivity contribution in [3.8, 4) is 0 Å². The predicted molar refractivity (Wildman–Crippen MR) is 179 cm³/mol. The van der Waals surface area contributed by atoms with E-state index in [1.807, 2.05) is 30.3 Å². The van der Waals surface area contributed by atoms with E-state index in [1.165, 1.54) is 90.1 Å². The molecular formula is C36H56FeN2P2-6. The van der Waals surface area contributed by atoms with Gasteiger partial charge in [-0.1, -0.05) is 31.6 Å². The monoisotopic (exact) mass is 634 g/mol. The van der Waals surface area contributed by atoms with Crippen molar-refractivity contribution in [1.82, 2.24) is 10.6 Å². The largest absolute Gasteiger partial charge is 0.748 e. The van der Waals surface area contributed by atoms with E-state index in [-0.39, 0.29) is 27.6 Å². The van der Waals surface area contributed by atoms with Crippen molar-refractivity contribution in [2.45, 2.75) is 94.5 Å². The molecule has 0 aromatic heterocycles. The first-order valence-corrected chi connectivity index (χ1v) is 18.1. The molecule has 5 heteroatoms. The molecule has 6 fully saturated rings. The van der Waals surface area contributed by atoms with Crippen molar-refractivity contribution in [1.29, 1.82) is 0 Å². The standard InChI is InChI=1S/C31H51N2P2.C5H5.Fe/c1-29(2,3)24-15-27(30(19-34)25-11-20-10-21(13-25)14-26(30)12-20)28(16-24)31(35,22-6-4-8-32-17-22)23-7-5-9-33-18-23;1-2-4-5-3-1;/h15-16,20-23,25-26,32-33H,4-14,17-19,34-35H2,1-3H3;1-5H;/q-1;-5;. The molecule has 4 aliphatic carbocycles. The van der Waals surface area contributed by atoms with Gasteiger partial charge in [0.2, 0.25) is 0 Å². The van der Waals surface area contributed by atoms with Gasteiger partial charge >= 0.3 is 0 Å². The zero-order chi connectivity index (χ0) is 28.0. The van der Waals surface area contributed by atoms with E-state index < -0.39 is 0 Å². The molecule has 2 aliphatic heterocycles. The molecule has 2 nitrogen and oxygen atoms in total. The van der Waals surface area contributed by atoms with E-state index >= 15 is 0 Å². The van der Waals surface area contributed by atoms with Crippen molar-refractivity contribution >= 4 is 18.5 Å². The summed E-state index contributed by atoms with van der Waals surface area (Å²) < 4.78 is 0. The van der Waals surface area contributed by atoms with E-state index in [1.54, 1.807) is 16.7 Å². The average molecular weight is 635 g/mol. The van der Waals surface area contributed by atoms with Crippen LogP contribution in [-0.4, -0.2) is 32.3 Å². The van der Waals surface area contributed by atoms with Crippen LogP contribution in [-0.2, 0) is 33.1 Å². The minimum Gasteiger partial charge on any atom is -0.748 e. The molecule has 2 N–H and O–H groups in total. The van der Waals surface area contributed by atoms with Gasteiger partial charge in [0.1, 0.15) is 0 Å². The first-order valence-electron chi connectivity index (χ1n) is 16.7. The van der Waals surface area contributed by atoms with Gasteiger partial charge in [-0.2, -0.15) is 28.8 Å². The second-order valence-electron chi connectivity index (χ2n) is 15.4. The van der Waals surface area contributed by atoms with Gasteiger partial charge in [0.05, 0.1) is 0 Å². The Bertz CT molecular complexity index is 1020. The third-order valence-electron chi connectivity index (χ3n) is 12.2. The Balaban J connectivity index is 0.000000510. The van der Waals surface area contributed by atoms with Crippen molar-refractivity contribution in [3.63, 3.8) is 0 Å². The third kappa shape index (κ3) is 6.01. The molecule has 2 heterocycles. The van der Waals surface area contributed by atoms with Crippen molar-refractivity contribution in [2.24, 2.45) is 35.5 Å². The molecule has 4 atom stereocenters. The van der Waals surface area contributed by atoms with Gasteiger partial charge in [0, 0.05) is 17.1 Å². The maximum absolute atomic E-state index is 3.82. The molecule has 234 valence electrons. The van der Waals surface area contributed by atoms with Crippen molar-refractivity contribution < 1.29 is 17.1 Å². The average Bonchev–Trinajstić information content (AvgIpc) is 3.68. The summed E-state index contributed by atoms with van der Waals surface area (Å²) in [4.78, 5) is 0. The molecule has 6 aliphatic rings. The van der Waals surface area contributed by atoms with Crippen LogP contribution in [0.5, 0.6) is 0 Å². The van der Waals surface area contributed by atoms with Crippen LogP contribution >= 0.6 is 18.5 Å². The quantitative estimate of drug-likeness (QED) is 0.200. The zero-order valence-corrected chi connectivity index (χ0v) is 29.3. The van der Waals surface area contributed by atoms with Gasteiger partial charge in [0.25, 0.3) is 0 Å². The summed E-state index contributed by atoms with van der Waals surface area (Å²) in [6.45, 7) is 12.1. The Labute approximate surface area is 266 Å². The van der Waals surface area contributed by atoms with Gasteiger partial charge in [-0.3, -0.25) is 0 Å². The normalized spacial score (nSPS) is 36.1. The summed E-state index contributed by atoms with van der Waals surface area (Å²) in [5, 5.41) is 7.81. The zero-order valence-electron chi connectivity index (χ0n) is 25.9. The first-order chi connectivity index (χ1) is 19.3. The Morgan fingerprint density at radius 3 is 1.71 bits per heavy atom. The van der Waals surface area contributed by atoms with Crippen molar-refractivity contribution in [2.75, 3.05) is 32.3 Å². The summed E-state index contributed by atoms with van der Waals surface area (Å²) >= 11 is 0. The number of piperidine rings is 2. The van der Waals surface area contributed by atoms with E-state index in [9.17, 15) is 0 Å². The predicted octanol–water partition coefficient (Wildman–Crippen LogP) is 7.74. The number of nitrogens with one attached hydrogen (secondary N) is 2. The Morgan fingerprint density at radius 1 is 0.829 bits per heavy atom. The van der Waals surface area contributed by atoms with E-state index in [4.69, 9.17) is 0 Å². The van der Waals surface area contributed by atoms with Gasteiger partial charge in [-0.25, -0.2) is 0 Å². The van der Waals surface area contributed by atoms with Crippen LogP contribution in [0, 0.1) is 35.5 Å². The SMILES string of the molecule is CC(C)(C)[c-]1cc(C(P)(C2CCCNC2)C2CCCNC2)c(C2(CP)C3CC4CC(C3)CC2C4)c1.[Fe].[cH-]1[cH-][cH-][cH-][cH-]1. The van der Waals surface area contributed by atoms with E-state index in [0.29, 0.717) is 17.3 Å². The molecule has 0 amide bonds. The molecule has 0 spiro atoms. The number of rotatable bonds is 5. The fourth-order valence-corrected chi connectivity index (χ4v) is 11.9. The molecule has 2 aromatic carbocycles. The fraction of sp³-hybridized carbons (Fsp3) is 0.722.